The summed E-state index contributed by atoms with van der Waals surface area (Å²) in [5, 5.41) is 22.1. The van der Waals surface area contributed by atoms with Crippen molar-refractivity contribution in [2.24, 2.45) is 0 Å². The van der Waals surface area contributed by atoms with Gasteiger partial charge >= 0.3 is 0 Å². The number of amides is 1. The van der Waals surface area contributed by atoms with Gasteiger partial charge < -0.3 is 26.2 Å². The fourth-order valence-corrected chi connectivity index (χ4v) is 2.48. The Labute approximate surface area is 102 Å². The van der Waals surface area contributed by atoms with Crippen LogP contribution < -0.4 is 11.1 Å². The molecule has 0 bridgehead atoms. The molecule has 0 aromatic carbocycles. The van der Waals surface area contributed by atoms with E-state index in [1.807, 2.05) is 0 Å². The number of nitrogens with two attached hydrogens (primary N) is 1. The first kappa shape index (κ1) is 12.1. The van der Waals surface area contributed by atoms with Gasteiger partial charge in [0.05, 0.1) is 12.2 Å². The van der Waals surface area contributed by atoms with Crippen LogP contribution in [0.4, 0.5) is 10.9 Å². The van der Waals surface area contributed by atoms with Gasteiger partial charge in [0.15, 0.2) is 5.13 Å². The molecule has 2 rings (SSSR count). The summed E-state index contributed by atoms with van der Waals surface area (Å²) in [6, 6.07) is 0. The normalized spacial score (nSPS) is 24.1. The maximum Gasteiger partial charge on any atom is 0.268 e. The molecule has 1 aliphatic rings. The summed E-state index contributed by atoms with van der Waals surface area (Å²) in [5.74, 6) is -0.141. The molecule has 8 heteroatoms. The lowest BCUT2D eigenvalue weighted by Crippen LogP contribution is -2.29. The second-order valence-corrected chi connectivity index (χ2v) is 4.83. The third-order valence-electron chi connectivity index (χ3n) is 2.61. The molecule has 0 aliphatic carbocycles. The number of thiazole rings is 1. The molecule has 0 radical (unpaired) electrons. The zero-order valence-corrected chi connectivity index (χ0v) is 10.1. The van der Waals surface area contributed by atoms with Crippen molar-refractivity contribution in [3.63, 3.8) is 0 Å². The standard InChI is InChI=1S/C9H14N4O3S/c1-11-9-12-7(10)6(17-9)8(16)13-2-4(14)5(15)3-13/h4-5,14-15H,2-3,10H2,1H3,(H,11,12). The second-order valence-electron chi connectivity index (χ2n) is 3.83. The number of carbonyl (C=O) groups excluding carboxylic acids is 1. The highest BCUT2D eigenvalue weighted by atomic mass is 32.1. The summed E-state index contributed by atoms with van der Waals surface area (Å²) in [5.41, 5.74) is 5.64. The highest BCUT2D eigenvalue weighted by molar-refractivity contribution is 7.18. The van der Waals surface area contributed by atoms with E-state index in [9.17, 15) is 15.0 Å². The fraction of sp³-hybridized carbons (Fsp3) is 0.556. The van der Waals surface area contributed by atoms with Crippen LogP contribution in [0.3, 0.4) is 0 Å². The SMILES string of the molecule is CNc1nc(N)c(C(=O)N2CC(O)C(O)C2)s1. The number of carbonyl (C=O) groups is 1. The number of nitrogens with one attached hydrogen (secondary N) is 1. The molecule has 17 heavy (non-hydrogen) atoms. The van der Waals surface area contributed by atoms with E-state index in [1.54, 1.807) is 7.05 Å². The van der Waals surface area contributed by atoms with Crippen LogP contribution in [-0.4, -0.2) is 58.3 Å². The van der Waals surface area contributed by atoms with E-state index in [-0.39, 0.29) is 24.8 Å². The number of aliphatic hydroxyl groups is 2. The number of hydrogen-bond donors (Lipinski definition) is 4. The Hall–Kier alpha value is -1.38. The Morgan fingerprint density at radius 2 is 2.12 bits per heavy atom. The lowest BCUT2D eigenvalue weighted by molar-refractivity contribution is 0.0572. The number of anilines is 2. The molecule has 0 saturated carbocycles. The first-order valence-electron chi connectivity index (χ1n) is 5.12. The summed E-state index contributed by atoms with van der Waals surface area (Å²) in [4.78, 5) is 17.7. The molecule has 1 saturated heterocycles. The predicted molar refractivity (Wildman–Crippen MR) is 64.0 cm³/mol. The fourth-order valence-electron chi connectivity index (χ4n) is 1.67. The molecule has 1 amide bonds. The Morgan fingerprint density at radius 3 is 2.59 bits per heavy atom. The molecule has 1 fully saturated rings. The molecule has 0 spiro atoms. The summed E-state index contributed by atoms with van der Waals surface area (Å²) in [6.07, 6.45) is -1.78. The summed E-state index contributed by atoms with van der Waals surface area (Å²) < 4.78 is 0. The van der Waals surface area contributed by atoms with Crippen molar-refractivity contribution >= 4 is 28.2 Å². The molecule has 2 unspecified atom stereocenters. The minimum atomic E-state index is -0.892. The molecule has 1 aliphatic heterocycles. The largest absolute Gasteiger partial charge is 0.388 e. The molecule has 1 aromatic heterocycles. The molecule has 5 N–H and O–H groups in total. The van der Waals surface area contributed by atoms with Crippen LogP contribution in [0.5, 0.6) is 0 Å². The van der Waals surface area contributed by atoms with Crippen molar-refractivity contribution in [2.75, 3.05) is 31.2 Å². The van der Waals surface area contributed by atoms with Crippen LogP contribution in [0.15, 0.2) is 0 Å². The van der Waals surface area contributed by atoms with E-state index in [1.165, 1.54) is 4.90 Å². The Kier molecular flexibility index (Phi) is 3.18. The van der Waals surface area contributed by atoms with Gasteiger partial charge in [-0.15, -0.1) is 0 Å². The van der Waals surface area contributed by atoms with E-state index in [2.05, 4.69) is 10.3 Å². The van der Waals surface area contributed by atoms with Gasteiger partial charge in [-0.05, 0) is 0 Å². The highest BCUT2D eigenvalue weighted by Gasteiger charge is 2.34. The second kappa shape index (κ2) is 4.47. The number of β-amino-alcohol motifs (C(OH)–C–C–N with tert-alkyl or cyclic N) is 2. The van der Waals surface area contributed by atoms with E-state index in [4.69, 9.17) is 5.73 Å². The van der Waals surface area contributed by atoms with E-state index < -0.39 is 12.2 Å². The topological polar surface area (TPSA) is 112 Å². The van der Waals surface area contributed by atoms with E-state index in [0.717, 1.165) is 11.3 Å². The van der Waals surface area contributed by atoms with Crippen LogP contribution in [0, 0.1) is 0 Å². The maximum absolute atomic E-state index is 12.1. The Morgan fingerprint density at radius 1 is 1.53 bits per heavy atom. The molecule has 1 aromatic rings. The van der Waals surface area contributed by atoms with Crippen LogP contribution in [0.25, 0.3) is 0 Å². The van der Waals surface area contributed by atoms with Gasteiger partial charge in [-0.1, -0.05) is 11.3 Å². The van der Waals surface area contributed by atoms with Crippen molar-refractivity contribution < 1.29 is 15.0 Å². The van der Waals surface area contributed by atoms with Gasteiger partial charge in [0.2, 0.25) is 0 Å². The van der Waals surface area contributed by atoms with E-state index in [0.29, 0.717) is 10.0 Å². The van der Waals surface area contributed by atoms with E-state index >= 15 is 0 Å². The molecule has 2 heterocycles. The first-order valence-corrected chi connectivity index (χ1v) is 5.94. The lowest BCUT2D eigenvalue weighted by atomic mass is 10.3. The number of likely N-dealkylation sites (tertiary alicyclic amines) is 1. The monoisotopic (exact) mass is 258 g/mol. The summed E-state index contributed by atoms with van der Waals surface area (Å²) in [7, 11) is 1.69. The zero-order chi connectivity index (χ0) is 12.6. The van der Waals surface area contributed by atoms with Gasteiger partial charge in [-0.2, -0.15) is 0 Å². The third-order valence-corrected chi connectivity index (χ3v) is 3.68. The maximum atomic E-state index is 12.1. The van der Waals surface area contributed by atoms with Crippen LogP contribution in [0.1, 0.15) is 9.67 Å². The Bertz CT molecular complexity index is 426. The van der Waals surface area contributed by atoms with Gasteiger partial charge in [0.1, 0.15) is 10.7 Å². The minimum absolute atomic E-state index is 0.117. The lowest BCUT2D eigenvalue weighted by Gasteiger charge is -2.13. The van der Waals surface area contributed by atoms with Crippen molar-refractivity contribution in [1.82, 2.24) is 9.88 Å². The quantitative estimate of drug-likeness (QED) is 0.538. The molecule has 94 valence electrons. The van der Waals surface area contributed by atoms with Gasteiger partial charge in [-0.25, -0.2) is 4.98 Å². The van der Waals surface area contributed by atoms with Crippen LogP contribution >= 0.6 is 11.3 Å². The third kappa shape index (κ3) is 2.19. The van der Waals surface area contributed by atoms with Crippen LogP contribution in [-0.2, 0) is 0 Å². The van der Waals surface area contributed by atoms with Gasteiger partial charge in [0, 0.05) is 20.1 Å². The predicted octanol–water partition coefficient (Wildman–Crippen LogP) is -1.06. The Balaban J connectivity index is 2.17. The smallest absolute Gasteiger partial charge is 0.268 e. The molecule has 2 atom stereocenters. The van der Waals surface area contributed by atoms with Crippen molar-refractivity contribution in [2.45, 2.75) is 12.2 Å². The number of rotatable bonds is 2. The molecular weight excluding hydrogens is 244 g/mol. The van der Waals surface area contributed by atoms with Gasteiger partial charge in [0.25, 0.3) is 5.91 Å². The van der Waals surface area contributed by atoms with Crippen molar-refractivity contribution in [3.8, 4) is 0 Å². The highest BCUT2D eigenvalue weighted by Crippen LogP contribution is 2.27. The van der Waals surface area contributed by atoms with Crippen molar-refractivity contribution in [1.29, 1.82) is 0 Å². The number of nitrogen functional groups attached to an aromatic ring is 1. The van der Waals surface area contributed by atoms with Gasteiger partial charge in [-0.3, -0.25) is 4.79 Å². The average Bonchev–Trinajstić information content (AvgIpc) is 2.82. The minimum Gasteiger partial charge on any atom is -0.388 e. The summed E-state index contributed by atoms with van der Waals surface area (Å²) in [6.45, 7) is 0.235. The first-order chi connectivity index (χ1) is 8.02. The zero-order valence-electron chi connectivity index (χ0n) is 9.25. The van der Waals surface area contributed by atoms with Crippen molar-refractivity contribution in [3.05, 3.63) is 4.88 Å². The van der Waals surface area contributed by atoms with Crippen LogP contribution in [0.2, 0.25) is 0 Å². The summed E-state index contributed by atoms with van der Waals surface area (Å²) >= 11 is 1.16. The number of nitrogens with zero attached hydrogens (tertiary/aromatic N) is 2. The molecule has 7 nitrogen and oxygen atoms in total. The average molecular weight is 258 g/mol. The number of hydrogen-bond acceptors (Lipinski definition) is 7. The number of aliphatic hydroxyl groups excluding tert-OH is 2. The number of aromatic nitrogens is 1. The molecular formula is C9H14N4O3S.